The lowest BCUT2D eigenvalue weighted by atomic mass is 10.1. The van der Waals surface area contributed by atoms with Gasteiger partial charge in [-0.3, -0.25) is 10.1 Å². The van der Waals surface area contributed by atoms with Crippen molar-refractivity contribution in [2.75, 3.05) is 13.1 Å². The largest absolute Gasteiger partial charge is 0.364 e. The highest BCUT2D eigenvalue weighted by Gasteiger charge is 2.25. The van der Waals surface area contributed by atoms with Crippen molar-refractivity contribution in [3.63, 3.8) is 0 Å². The first-order chi connectivity index (χ1) is 8.54. The summed E-state index contributed by atoms with van der Waals surface area (Å²) in [6.07, 6.45) is 0.505. The molecule has 0 unspecified atom stereocenters. The molecular weight excluding hydrogens is 232 g/mol. The highest BCUT2D eigenvalue weighted by molar-refractivity contribution is 5.33. The fourth-order valence-corrected chi connectivity index (χ4v) is 2.60. The van der Waals surface area contributed by atoms with Gasteiger partial charge in [-0.05, 0) is 13.8 Å². The molecule has 0 amide bonds. The molecule has 0 spiro atoms. The molecular formula is C13H19N2O3+. The van der Waals surface area contributed by atoms with Crippen LogP contribution in [-0.2, 0) is 11.3 Å². The predicted octanol–water partition coefficient (Wildman–Crippen LogP) is 0.787. The van der Waals surface area contributed by atoms with Crippen LogP contribution in [0.5, 0.6) is 0 Å². The number of ether oxygens (including phenoxy) is 1. The molecule has 98 valence electrons. The van der Waals surface area contributed by atoms with E-state index in [1.54, 1.807) is 12.1 Å². The molecule has 1 aromatic carbocycles. The van der Waals surface area contributed by atoms with E-state index >= 15 is 0 Å². The van der Waals surface area contributed by atoms with Crippen LogP contribution < -0.4 is 4.90 Å². The fourth-order valence-electron chi connectivity index (χ4n) is 2.60. The molecule has 5 heteroatoms. The number of non-ortho nitro benzene ring substituents is 1. The van der Waals surface area contributed by atoms with Gasteiger partial charge in [-0.2, -0.15) is 0 Å². The number of nitrogens with one attached hydrogen (secondary N) is 1. The van der Waals surface area contributed by atoms with Crippen LogP contribution in [0.15, 0.2) is 24.3 Å². The number of hydrogen-bond donors (Lipinski definition) is 1. The zero-order valence-corrected chi connectivity index (χ0v) is 10.8. The maximum atomic E-state index is 10.7. The first kappa shape index (κ1) is 13.0. The Morgan fingerprint density at radius 3 is 2.67 bits per heavy atom. The summed E-state index contributed by atoms with van der Waals surface area (Å²) < 4.78 is 5.69. The average Bonchev–Trinajstić information content (AvgIpc) is 2.27. The zero-order valence-electron chi connectivity index (χ0n) is 10.8. The van der Waals surface area contributed by atoms with Crippen LogP contribution in [0, 0.1) is 10.1 Å². The fraction of sp³-hybridized carbons (Fsp3) is 0.538. The van der Waals surface area contributed by atoms with Crippen LogP contribution in [0.3, 0.4) is 0 Å². The Bertz CT molecular complexity index is 426. The van der Waals surface area contributed by atoms with Crippen molar-refractivity contribution in [2.24, 2.45) is 0 Å². The molecule has 0 saturated carbocycles. The molecule has 1 aliphatic rings. The Balaban J connectivity index is 2.04. The van der Waals surface area contributed by atoms with Crippen LogP contribution in [0.4, 0.5) is 5.69 Å². The quantitative estimate of drug-likeness (QED) is 0.638. The number of quaternary nitrogens is 1. The van der Waals surface area contributed by atoms with Crippen LogP contribution in [0.2, 0.25) is 0 Å². The number of nitro groups is 1. The van der Waals surface area contributed by atoms with Gasteiger partial charge < -0.3 is 9.64 Å². The molecule has 1 aliphatic heterocycles. The van der Waals surface area contributed by atoms with Gasteiger partial charge in [-0.25, -0.2) is 0 Å². The Labute approximate surface area is 107 Å². The van der Waals surface area contributed by atoms with Gasteiger partial charge in [-0.15, -0.1) is 0 Å². The minimum atomic E-state index is -0.344. The third kappa shape index (κ3) is 3.27. The minimum absolute atomic E-state index is 0.168. The van der Waals surface area contributed by atoms with Gasteiger partial charge >= 0.3 is 0 Å². The molecule has 2 atom stereocenters. The predicted molar refractivity (Wildman–Crippen MR) is 67.5 cm³/mol. The summed E-state index contributed by atoms with van der Waals surface area (Å²) in [5.41, 5.74) is 1.18. The minimum Gasteiger partial charge on any atom is -0.364 e. The topological polar surface area (TPSA) is 56.8 Å². The van der Waals surface area contributed by atoms with E-state index in [0.717, 1.165) is 25.2 Å². The van der Waals surface area contributed by atoms with Crippen molar-refractivity contribution in [1.82, 2.24) is 0 Å². The van der Waals surface area contributed by atoms with Gasteiger partial charge in [0.1, 0.15) is 31.8 Å². The standard InChI is InChI=1S/C13H18N2O3/c1-10-7-14(8-11(2)18-10)9-12-4-3-5-13(6-12)15(16)17/h3-6,10-11H,7-9H2,1-2H3/p+1/t10-,11-/m1/s1. The maximum Gasteiger partial charge on any atom is 0.269 e. The smallest absolute Gasteiger partial charge is 0.269 e. The molecule has 0 aliphatic carbocycles. The third-order valence-corrected chi connectivity index (χ3v) is 3.19. The summed E-state index contributed by atoms with van der Waals surface area (Å²) in [5.74, 6) is 0. The Morgan fingerprint density at radius 1 is 1.39 bits per heavy atom. The van der Waals surface area contributed by atoms with Gasteiger partial charge in [-0.1, -0.05) is 12.1 Å². The molecule has 0 bridgehead atoms. The normalized spacial score (nSPS) is 28.0. The zero-order chi connectivity index (χ0) is 13.1. The third-order valence-electron chi connectivity index (χ3n) is 3.19. The number of nitro benzene ring substituents is 1. The van der Waals surface area contributed by atoms with Crippen molar-refractivity contribution in [3.8, 4) is 0 Å². The van der Waals surface area contributed by atoms with E-state index in [4.69, 9.17) is 4.74 Å². The van der Waals surface area contributed by atoms with Crippen molar-refractivity contribution in [2.45, 2.75) is 32.6 Å². The van der Waals surface area contributed by atoms with Gasteiger partial charge in [0.15, 0.2) is 0 Å². The van der Waals surface area contributed by atoms with Crippen molar-refractivity contribution in [1.29, 1.82) is 0 Å². The summed E-state index contributed by atoms with van der Waals surface area (Å²) in [6, 6.07) is 6.90. The van der Waals surface area contributed by atoms with Crippen LogP contribution in [-0.4, -0.2) is 30.2 Å². The van der Waals surface area contributed by atoms with E-state index in [1.165, 1.54) is 11.0 Å². The summed E-state index contributed by atoms with van der Waals surface area (Å²) >= 11 is 0. The molecule has 18 heavy (non-hydrogen) atoms. The lowest BCUT2D eigenvalue weighted by molar-refractivity contribution is -0.928. The van der Waals surface area contributed by atoms with Crippen LogP contribution in [0.1, 0.15) is 19.4 Å². The SMILES string of the molecule is C[C@@H]1C[NH+](Cc2cccc([N+](=O)[O-])c2)C[C@@H](C)O1. The molecule has 2 rings (SSSR count). The van der Waals surface area contributed by atoms with E-state index in [0.29, 0.717) is 0 Å². The van der Waals surface area contributed by atoms with Crippen molar-refractivity contribution in [3.05, 3.63) is 39.9 Å². The lowest BCUT2D eigenvalue weighted by Crippen LogP contribution is -3.14. The van der Waals surface area contributed by atoms with Gasteiger partial charge in [0.2, 0.25) is 0 Å². The summed E-state index contributed by atoms with van der Waals surface area (Å²) in [4.78, 5) is 11.8. The highest BCUT2D eigenvalue weighted by Crippen LogP contribution is 2.12. The van der Waals surface area contributed by atoms with Crippen molar-refractivity contribution >= 4 is 5.69 Å². The number of benzene rings is 1. The van der Waals surface area contributed by atoms with Gasteiger partial charge in [0.25, 0.3) is 5.69 Å². The maximum absolute atomic E-state index is 10.7. The number of rotatable bonds is 3. The van der Waals surface area contributed by atoms with E-state index < -0.39 is 0 Å². The van der Waals surface area contributed by atoms with Gasteiger partial charge in [0.05, 0.1) is 4.92 Å². The first-order valence-corrected chi connectivity index (χ1v) is 6.27. The van der Waals surface area contributed by atoms with Crippen molar-refractivity contribution < 1.29 is 14.6 Å². The summed E-state index contributed by atoms with van der Waals surface area (Å²) in [5, 5.41) is 10.7. The molecule has 1 heterocycles. The summed E-state index contributed by atoms with van der Waals surface area (Å²) in [6.45, 7) is 6.87. The molecule has 1 saturated heterocycles. The average molecular weight is 251 g/mol. The van der Waals surface area contributed by atoms with E-state index in [-0.39, 0.29) is 22.8 Å². The molecule has 1 N–H and O–H groups in total. The second-order valence-electron chi connectivity index (χ2n) is 5.02. The Morgan fingerprint density at radius 2 is 2.06 bits per heavy atom. The van der Waals surface area contributed by atoms with E-state index in [1.807, 2.05) is 6.07 Å². The van der Waals surface area contributed by atoms with Crippen LogP contribution >= 0.6 is 0 Å². The summed E-state index contributed by atoms with van der Waals surface area (Å²) in [7, 11) is 0. The van der Waals surface area contributed by atoms with Gasteiger partial charge in [0, 0.05) is 17.7 Å². The molecule has 0 aromatic heterocycles. The first-order valence-electron chi connectivity index (χ1n) is 6.27. The second kappa shape index (κ2) is 5.46. The molecule has 0 radical (unpaired) electrons. The molecule has 1 aromatic rings. The van der Waals surface area contributed by atoms with E-state index in [9.17, 15) is 10.1 Å². The molecule has 5 nitrogen and oxygen atoms in total. The number of nitrogens with zero attached hydrogens (tertiary/aromatic N) is 1. The monoisotopic (exact) mass is 251 g/mol. The lowest BCUT2D eigenvalue weighted by Gasteiger charge is -2.32. The number of morpholine rings is 1. The van der Waals surface area contributed by atoms with E-state index in [2.05, 4.69) is 13.8 Å². The Hall–Kier alpha value is -1.46. The molecule has 1 fully saturated rings. The second-order valence-corrected chi connectivity index (χ2v) is 5.02. The Kier molecular flexibility index (Phi) is 3.93. The van der Waals surface area contributed by atoms with Crippen LogP contribution in [0.25, 0.3) is 0 Å². The number of hydrogen-bond acceptors (Lipinski definition) is 3. The highest BCUT2D eigenvalue weighted by atomic mass is 16.6.